The quantitative estimate of drug-likeness (QED) is 0.245. The van der Waals surface area contributed by atoms with E-state index in [1.165, 1.54) is 6.92 Å². The summed E-state index contributed by atoms with van der Waals surface area (Å²) in [5, 5.41) is -2.65. The normalized spacial score (nSPS) is 16.2. The molecule has 0 saturated heterocycles. The first-order valence-electron chi connectivity index (χ1n) is 6.39. The van der Waals surface area contributed by atoms with Crippen molar-refractivity contribution in [3.63, 3.8) is 0 Å². The minimum atomic E-state index is -7.94. The lowest BCUT2D eigenvalue weighted by Gasteiger charge is -2.39. The van der Waals surface area contributed by atoms with Crippen LogP contribution in [0, 0.1) is 0 Å². The number of aliphatic imine (C=N–C) groups is 1. The Bertz CT molecular complexity index is 523. The molecule has 0 N–H and O–H groups in total. The average Bonchev–Trinajstić information content (AvgIpc) is 2.45. The van der Waals surface area contributed by atoms with Crippen molar-refractivity contribution in [1.29, 1.82) is 0 Å². The molecule has 0 bridgehead atoms. The van der Waals surface area contributed by atoms with E-state index < -0.39 is 47.5 Å². The Labute approximate surface area is 142 Å². The molecule has 15 heteroatoms. The number of rotatable bonds is 8. The lowest BCUT2D eigenvalue weighted by atomic mass is 9.94. The zero-order valence-corrected chi connectivity index (χ0v) is 13.1. The van der Waals surface area contributed by atoms with Crippen LogP contribution in [0.4, 0.5) is 57.1 Å². The highest BCUT2D eigenvalue weighted by atomic mass is 35.5. The Kier molecular flexibility index (Phi) is 6.96. The predicted molar refractivity (Wildman–Crippen MR) is 63.9 cm³/mol. The van der Waals surface area contributed by atoms with E-state index >= 15 is 0 Å². The lowest BCUT2D eigenvalue weighted by Crippen LogP contribution is -2.70. The first-order valence-corrected chi connectivity index (χ1v) is 6.77. The maximum atomic E-state index is 13.4. The highest BCUT2D eigenvalue weighted by Crippen LogP contribution is 2.60. The number of hydrogen-bond acceptors (Lipinski definition) is 1. The second-order valence-electron chi connectivity index (χ2n) is 4.90. The predicted octanol–water partition coefficient (Wildman–Crippen LogP) is 6.16. The third-order valence-electron chi connectivity index (χ3n) is 2.95. The Hall–Kier alpha value is -0.950. The van der Waals surface area contributed by atoms with E-state index in [-0.39, 0.29) is 12.8 Å². The van der Waals surface area contributed by atoms with Gasteiger partial charge >= 0.3 is 35.8 Å². The number of hydrogen-bond donors (Lipinski definition) is 0. The molecule has 1 nitrogen and oxygen atoms in total. The highest BCUT2D eigenvalue weighted by Gasteiger charge is 2.91. The molecule has 26 heavy (non-hydrogen) atoms. The summed E-state index contributed by atoms with van der Waals surface area (Å²) in [5.74, 6) is -37.5. The van der Waals surface area contributed by atoms with Crippen LogP contribution in [-0.2, 0) is 0 Å². The summed E-state index contributed by atoms with van der Waals surface area (Å²) in [4.78, 5) is 2.52. The van der Waals surface area contributed by atoms with E-state index in [1.54, 1.807) is 0 Å². The van der Waals surface area contributed by atoms with Crippen LogP contribution >= 0.6 is 11.6 Å². The summed E-state index contributed by atoms with van der Waals surface area (Å²) in [7, 11) is 0. The molecule has 156 valence electrons. The Morgan fingerprint density at radius 2 is 1.08 bits per heavy atom. The standard InChI is InChI=1S/C11H9ClF13N/c1-2-3-4-26-5(12)6(13,14)7(15,16)8(17,18)9(19,20)10(21,22)11(23,24)25/h2-4H2,1H3. The van der Waals surface area contributed by atoms with Gasteiger partial charge in [-0.1, -0.05) is 24.9 Å². The van der Waals surface area contributed by atoms with Crippen LogP contribution in [0.1, 0.15) is 19.8 Å². The van der Waals surface area contributed by atoms with Crippen molar-refractivity contribution in [3.05, 3.63) is 0 Å². The Balaban J connectivity index is 6.20. The van der Waals surface area contributed by atoms with Crippen LogP contribution < -0.4 is 0 Å². The van der Waals surface area contributed by atoms with Gasteiger partial charge in [0.05, 0.1) is 0 Å². The second kappa shape index (κ2) is 7.23. The lowest BCUT2D eigenvalue weighted by molar-refractivity contribution is -0.434. The number of alkyl halides is 13. The molecule has 0 aliphatic rings. The van der Waals surface area contributed by atoms with Gasteiger partial charge in [0.2, 0.25) is 0 Å². The molecule has 0 aromatic heterocycles. The molecule has 0 aliphatic carbocycles. The number of halogens is 14. The third kappa shape index (κ3) is 3.70. The fraction of sp³-hybridized carbons (Fsp3) is 0.909. The van der Waals surface area contributed by atoms with Crippen LogP contribution in [0.3, 0.4) is 0 Å². The van der Waals surface area contributed by atoms with Gasteiger partial charge < -0.3 is 0 Å². The van der Waals surface area contributed by atoms with Crippen molar-refractivity contribution in [3.8, 4) is 0 Å². The summed E-state index contributed by atoms with van der Waals surface area (Å²) in [6.45, 7) is 0.700. The second-order valence-corrected chi connectivity index (χ2v) is 5.25. The Morgan fingerprint density at radius 1 is 0.692 bits per heavy atom. The van der Waals surface area contributed by atoms with Crippen LogP contribution in [0.25, 0.3) is 0 Å². The summed E-state index contributed by atoms with van der Waals surface area (Å²) in [6, 6.07) is 0. The van der Waals surface area contributed by atoms with Gasteiger partial charge in [0.15, 0.2) is 5.17 Å². The minimum Gasteiger partial charge on any atom is -0.272 e. The molecule has 0 radical (unpaired) electrons. The zero-order chi connectivity index (χ0) is 21.4. The van der Waals surface area contributed by atoms with Crippen molar-refractivity contribution >= 4 is 16.8 Å². The summed E-state index contributed by atoms with van der Waals surface area (Å²) in [5.41, 5.74) is 0. The van der Waals surface area contributed by atoms with E-state index in [9.17, 15) is 57.1 Å². The maximum Gasteiger partial charge on any atom is 0.460 e. The van der Waals surface area contributed by atoms with Gasteiger partial charge in [-0.15, -0.1) is 0 Å². The number of nitrogens with zero attached hydrogens (tertiary/aromatic N) is 1. The van der Waals surface area contributed by atoms with E-state index in [0.29, 0.717) is 0 Å². The topological polar surface area (TPSA) is 12.4 Å². The van der Waals surface area contributed by atoms with Crippen molar-refractivity contribution in [2.24, 2.45) is 4.99 Å². The smallest absolute Gasteiger partial charge is 0.272 e. The van der Waals surface area contributed by atoms with Crippen molar-refractivity contribution in [2.45, 2.75) is 55.6 Å². The first-order chi connectivity index (χ1) is 11.2. The van der Waals surface area contributed by atoms with E-state index in [1.807, 2.05) is 0 Å². The SMILES string of the molecule is CCCCN=C(Cl)C(F)(F)C(F)(F)C(F)(F)C(F)(F)C(F)(F)C(F)(F)F. The van der Waals surface area contributed by atoms with Crippen molar-refractivity contribution in [2.75, 3.05) is 6.54 Å². The molecule has 0 amide bonds. The van der Waals surface area contributed by atoms with Crippen LogP contribution in [-0.4, -0.2) is 47.5 Å². The molecule has 0 rings (SSSR count). The fourth-order valence-electron chi connectivity index (χ4n) is 1.33. The van der Waals surface area contributed by atoms with E-state index in [2.05, 4.69) is 16.6 Å². The summed E-state index contributed by atoms with van der Waals surface area (Å²) in [6.07, 6.45) is -7.30. The van der Waals surface area contributed by atoms with Crippen molar-refractivity contribution < 1.29 is 57.1 Å². The zero-order valence-electron chi connectivity index (χ0n) is 12.4. The largest absolute Gasteiger partial charge is 0.460 e. The fourth-order valence-corrected chi connectivity index (χ4v) is 1.54. The molecular formula is C11H9ClF13N. The minimum absolute atomic E-state index is 0.0867. The van der Waals surface area contributed by atoms with Gasteiger partial charge in [-0.2, -0.15) is 57.1 Å². The van der Waals surface area contributed by atoms with Gasteiger partial charge in [0.25, 0.3) is 0 Å². The maximum absolute atomic E-state index is 13.4. The molecule has 0 unspecified atom stereocenters. The van der Waals surface area contributed by atoms with E-state index in [0.717, 1.165) is 0 Å². The number of unbranched alkanes of at least 4 members (excludes halogenated alkanes) is 1. The van der Waals surface area contributed by atoms with Gasteiger partial charge in [-0.25, -0.2) is 0 Å². The molecule has 0 heterocycles. The molecule has 0 aromatic carbocycles. The monoisotopic (exact) mass is 437 g/mol. The van der Waals surface area contributed by atoms with Gasteiger partial charge in [-0.3, -0.25) is 4.99 Å². The van der Waals surface area contributed by atoms with E-state index in [4.69, 9.17) is 0 Å². The molecule has 0 atom stereocenters. The molecule has 0 saturated carbocycles. The highest BCUT2D eigenvalue weighted by molar-refractivity contribution is 6.67. The van der Waals surface area contributed by atoms with Crippen LogP contribution in [0.2, 0.25) is 0 Å². The Morgan fingerprint density at radius 3 is 1.42 bits per heavy atom. The molecule has 0 aromatic rings. The summed E-state index contributed by atoms with van der Waals surface area (Å²) < 4.78 is 166. The molecule has 0 aliphatic heterocycles. The van der Waals surface area contributed by atoms with Crippen LogP contribution in [0.5, 0.6) is 0 Å². The molecule has 0 spiro atoms. The van der Waals surface area contributed by atoms with Crippen molar-refractivity contribution in [1.82, 2.24) is 0 Å². The summed E-state index contributed by atoms with van der Waals surface area (Å²) >= 11 is 4.59. The average molecular weight is 438 g/mol. The van der Waals surface area contributed by atoms with Gasteiger partial charge in [-0.05, 0) is 6.42 Å². The molecule has 0 fully saturated rings. The first kappa shape index (κ1) is 25.1. The van der Waals surface area contributed by atoms with Gasteiger partial charge in [0, 0.05) is 6.54 Å². The van der Waals surface area contributed by atoms with Gasteiger partial charge in [0.1, 0.15) is 0 Å². The third-order valence-corrected chi connectivity index (χ3v) is 3.31. The van der Waals surface area contributed by atoms with Crippen LogP contribution in [0.15, 0.2) is 4.99 Å². The molecular weight excluding hydrogens is 429 g/mol.